The van der Waals surface area contributed by atoms with Gasteiger partial charge in [-0.15, -0.1) is 0 Å². The van der Waals surface area contributed by atoms with Crippen LogP contribution in [0.5, 0.6) is 5.75 Å². The Balaban J connectivity index is 1.65. The highest BCUT2D eigenvalue weighted by Gasteiger charge is 2.19. The molecule has 7 nitrogen and oxygen atoms in total. The number of hydrogen-bond donors (Lipinski definition) is 1. The Morgan fingerprint density at radius 3 is 2.50 bits per heavy atom. The zero-order chi connectivity index (χ0) is 23.7. The molecular formula is C27H23N5O2. The van der Waals surface area contributed by atoms with Crippen molar-refractivity contribution >= 4 is 22.5 Å². The summed E-state index contributed by atoms with van der Waals surface area (Å²) in [6, 6.07) is 21.1. The first-order chi connectivity index (χ1) is 16.5. The van der Waals surface area contributed by atoms with Crippen LogP contribution in [0.3, 0.4) is 0 Å². The molecule has 0 atom stereocenters. The van der Waals surface area contributed by atoms with E-state index in [-0.39, 0.29) is 5.91 Å². The summed E-state index contributed by atoms with van der Waals surface area (Å²) in [6.45, 7) is 1.91. The molecule has 3 aromatic carbocycles. The van der Waals surface area contributed by atoms with Crippen molar-refractivity contribution in [3.8, 4) is 28.3 Å². The van der Waals surface area contributed by atoms with Crippen LogP contribution in [-0.4, -0.2) is 32.8 Å². The summed E-state index contributed by atoms with van der Waals surface area (Å²) in [5.74, 6) is 0.314. The third kappa shape index (κ3) is 3.88. The van der Waals surface area contributed by atoms with Crippen LogP contribution in [0.4, 0.5) is 5.69 Å². The standard InChI is InChI=1S/C27H23N5O2/c1-17-9-7-8-12-19(17)27(33)30-23-13-20-22(14-24(23)34-3)28-16-29-26(20)21-15-32(2)31-25(21)18-10-5-4-6-11-18/h4-16H,1-3H3,(H,30,33). The highest BCUT2D eigenvalue weighted by Crippen LogP contribution is 2.37. The highest BCUT2D eigenvalue weighted by atomic mass is 16.5. The zero-order valence-electron chi connectivity index (χ0n) is 19.1. The van der Waals surface area contributed by atoms with Crippen LogP contribution in [0, 0.1) is 6.92 Å². The molecule has 5 aromatic rings. The van der Waals surface area contributed by atoms with E-state index in [4.69, 9.17) is 4.74 Å². The molecule has 5 rings (SSSR count). The van der Waals surface area contributed by atoms with Gasteiger partial charge in [-0.05, 0) is 24.6 Å². The molecule has 0 aliphatic carbocycles. The number of benzene rings is 3. The molecule has 2 heterocycles. The number of aryl methyl sites for hydroxylation is 2. The lowest BCUT2D eigenvalue weighted by Crippen LogP contribution is -2.14. The second-order valence-electron chi connectivity index (χ2n) is 7.99. The third-order valence-electron chi connectivity index (χ3n) is 5.73. The molecule has 0 spiro atoms. The fraction of sp³-hybridized carbons (Fsp3) is 0.111. The molecule has 1 N–H and O–H groups in total. The van der Waals surface area contributed by atoms with Gasteiger partial charge < -0.3 is 10.1 Å². The summed E-state index contributed by atoms with van der Waals surface area (Å²) < 4.78 is 7.35. The number of rotatable bonds is 5. The van der Waals surface area contributed by atoms with Gasteiger partial charge in [-0.2, -0.15) is 5.10 Å². The van der Waals surface area contributed by atoms with E-state index in [1.165, 1.54) is 6.33 Å². The first-order valence-electron chi connectivity index (χ1n) is 10.8. The molecule has 1 amide bonds. The number of ether oxygens (including phenoxy) is 1. The van der Waals surface area contributed by atoms with Crippen LogP contribution in [0.1, 0.15) is 15.9 Å². The summed E-state index contributed by atoms with van der Waals surface area (Å²) >= 11 is 0. The van der Waals surface area contributed by atoms with Gasteiger partial charge in [0.1, 0.15) is 17.8 Å². The molecular weight excluding hydrogens is 426 g/mol. The van der Waals surface area contributed by atoms with Gasteiger partial charge in [0.15, 0.2) is 0 Å². The number of nitrogens with one attached hydrogen (secondary N) is 1. The number of carbonyl (C=O) groups is 1. The number of carbonyl (C=O) groups excluding carboxylic acids is 1. The van der Waals surface area contributed by atoms with Crippen molar-refractivity contribution in [1.82, 2.24) is 19.7 Å². The Morgan fingerprint density at radius 1 is 0.971 bits per heavy atom. The van der Waals surface area contributed by atoms with Crippen molar-refractivity contribution in [2.75, 3.05) is 12.4 Å². The monoisotopic (exact) mass is 449 g/mol. The van der Waals surface area contributed by atoms with Gasteiger partial charge in [-0.3, -0.25) is 9.48 Å². The van der Waals surface area contributed by atoms with Crippen LogP contribution >= 0.6 is 0 Å². The maximum absolute atomic E-state index is 13.0. The maximum atomic E-state index is 13.0. The molecule has 168 valence electrons. The van der Waals surface area contributed by atoms with E-state index in [2.05, 4.69) is 20.4 Å². The number of amides is 1. The normalized spacial score (nSPS) is 10.9. The Hall–Kier alpha value is -4.52. The van der Waals surface area contributed by atoms with Crippen molar-refractivity contribution in [2.45, 2.75) is 6.92 Å². The molecule has 0 aliphatic heterocycles. The number of nitrogens with zero attached hydrogens (tertiary/aromatic N) is 4. The van der Waals surface area contributed by atoms with Gasteiger partial charge in [0, 0.05) is 41.4 Å². The van der Waals surface area contributed by atoms with Gasteiger partial charge in [0.25, 0.3) is 5.91 Å². The topological polar surface area (TPSA) is 81.9 Å². The van der Waals surface area contributed by atoms with E-state index in [1.54, 1.807) is 17.9 Å². The number of hydrogen-bond acceptors (Lipinski definition) is 5. The lowest BCUT2D eigenvalue weighted by molar-refractivity contribution is 0.102. The van der Waals surface area contributed by atoms with Gasteiger partial charge in [0.05, 0.1) is 24.0 Å². The predicted octanol–water partition coefficient (Wildman–Crippen LogP) is 5.27. The van der Waals surface area contributed by atoms with E-state index in [0.717, 1.165) is 33.5 Å². The highest BCUT2D eigenvalue weighted by molar-refractivity contribution is 6.08. The lowest BCUT2D eigenvalue weighted by atomic mass is 10.0. The molecule has 0 bridgehead atoms. The minimum Gasteiger partial charge on any atom is -0.494 e. The molecule has 0 radical (unpaired) electrons. The summed E-state index contributed by atoms with van der Waals surface area (Å²) in [4.78, 5) is 22.1. The average Bonchev–Trinajstić information content (AvgIpc) is 3.25. The fourth-order valence-corrected chi connectivity index (χ4v) is 4.05. The summed E-state index contributed by atoms with van der Waals surface area (Å²) in [7, 11) is 3.46. The number of fused-ring (bicyclic) bond motifs is 1. The molecule has 34 heavy (non-hydrogen) atoms. The molecule has 0 fully saturated rings. The Labute approximate surface area is 197 Å². The van der Waals surface area contributed by atoms with E-state index in [9.17, 15) is 4.79 Å². The van der Waals surface area contributed by atoms with Crippen molar-refractivity contribution < 1.29 is 9.53 Å². The zero-order valence-corrected chi connectivity index (χ0v) is 19.1. The van der Waals surface area contributed by atoms with Crippen molar-refractivity contribution in [1.29, 1.82) is 0 Å². The van der Waals surface area contributed by atoms with Gasteiger partial charge in [-0.25, -0.2) is 9.97 Å². The quantitative estimate of drug-likeness (QED) is 0.395. The smallest absolute Gasteiger partial charge is 0.256 e. The number of aromatic nitrogens is 4. The van der Waals surface area contributed by atoms with Gasteiger partial charge in [-0.1, -0.05) is 48.5 Å². The van der Waals surface area contributed by atoms with E-state index >= 15 is 0 Å². The van der Waals surface area contributed by atoms with Crippen LogP contribution in [0.25, 0.3) is 33.4 Å². The third-order valence-corrected chi connectivity index (χ3v) is 5.73. The SMILES string of the molecule is COc1cc2ncnc(-c3cn(C)nc3-c3ccccc3)c2cc1NC(=O)c1ccccc1C. The van der Waals surface area contributed by atoms with Crippen LogP contribution < -0.4 is 10.1 Å². The van der Waals surface area contributed by atoms with E-state index < -0.39 is 0 Å². The molecule has 0 unspecified atom stereocenters. The molecule has 0 saturated carbocycles. The largest absolute Gasteiger partial charge is 0.494 e. The molecule has 2 aromatic heterocycles. The van der Waals surface area contributed by atoms with Crippen molar-refractivity contribution in [2.24, 2.45) is 7.05 Å². The van der Waals surface area contributed by atoms with Crippen LogP contribution in [0.15, 0.2) is 79.3 Å². The summed E-state index contributed by atoms with van der Waals surface area (Å²) in [6.07, 6.45) is 3.48. The van der Waals surface area contributed by atoms with E-state index in [0.29, 0.717) is 22.5 Å². The second kappa shape index (κ2) is 8.78. The van der Waals surface area contributed by atoms with Crippen molar-refractivity contribution in [3.63, 3.8) is 0 Å². The number of methoxy groups -OCH3 is 1. The summed E-state index contributed by atoms with van der Waals surface area (Å²) in [5.41, 5.74) is 6.17. The minimum absolute atomic E-state index is 0.208. The predicted molar refractivity (Wildman–Crippen MR) is 133 cm³/mol. The average molecular weight is 450 g/mol. The van der Waals surface area contributed by atoms with Gasteiger partial charge in [0.2, 0.25) is 0 Å². The molecule has 7 heteroatoms. The minimum atomic E-state index is -0.208. The maximum Gasteiger partial charge on any atom is 0.256 e. The number of anilines is 1. The van der Waals surface area contributed by atoms with Gasteiger partial charge >= 0.3 is 0 Å². The Bertz CT molecular complexity index is 1510. The Morgan fingerprint density at radius 2 is 1.74 bits per heavy atom. The second-order valence-corrected chi connectivity index (χ2v) is 7.99. The molecule has 0 saturated heterocycles. The van der Waals surface area contributed by atoms with E-state index in [1.807, 2.05) is 80.8 Å². The van der Waals surface area contributed by atoms with Crippen LogP contribution in [-0.2, 0) is 7.05 Å². The lowest BCUT2D eigenvalue weighted by Gasteiger charge is -2.14. The fourth-order valence-electron chi connectivity index (χ4n) is 4.05. The first kappa shape index (κ1) is 21.3. The van der Waals surface area contributed by atoms with Crippen LogP contribution in [0.2, 0.25) is 0 Å². The first-order valence-corrected chi connectivity index (χ1v) is 10.8. The Kier molecular flexibility index (Phi) is 5.51. The molecule has 0 aliphatic rings. The summed E-state index contributed by atoms with van der Waals surface area (Å²) in [5, 5.41) is 8.47. The van der Waals surface area contributed by atoms with Crippen molar-refractivity contribution in [3.05, 3.63) is 90.4 Å².